The van der Waals surface area contributed by atoms with E-state index in [-0.39, 0.29) is 40.2 Å². The third-order valence-electron chi connectivity index (χ3n) is 11.2. The van der Waals surface area contributed by atoms with E-state index in [1.807, 2.05) is 36.7 Å². The van der Waals surface area contributed by atoms with Crippen molar-refractivity contribution < 1.29 is 40.2 Å². The summed E-state index contributed by atoms with van der Waals surface area (Å²) in [6, 6.07) is 53.7. The third kappa shape index (κ3) is 7.52. The fourth-order valence-electron chi connectivity index (χ4n) is 8.25. The molecule has 0 spiro atoms. The minimum absolute atomic E-state index is 0. The van der Waals surface area contributed by atoms with Crippen molar-refractivity contribution in [1.29, 1.82) is 0 Å². The van der Waals surface area contributed by atoms with E-state index >= 15 is 0 Å². The Hall–Kier alpha value is -4.38. The Kier molecular flexibility index (Phi) is 12.6. The summed E-state index contributed by atoms with van der Waals surface area (Å²) in [5.41, 5.74) is 19.6. The number of fused-ring (bicyclic) bond motifs is 3. The van der Waals surface area contributed by atoms with Gasteiger partial charge in [-0.25, -0.2) is 0 Å². The zero-order chi connectivity index (χ0) is 38.5. The smallest absolute Gasteiger partial charge is 0.0245 e. The first-order chi connectivity index (χ1) is 27.3. The quantitative estimate of drug-likeness (QED) is 0.122. The first-order valence-electron chi connectivity index (χ1n) is 18.7. The molecular weight excluding hydrogens is 1200 g/mol. The molecule has 58 heavy (non-hydrogen) atoms. The zero-order valence-corrected chi connectivity index (χ0v) is 40.1. The topological polar surface area (TPSA) is 25.8 Å². The van der Waals surface area contributed by atoms with Gasteiger partial charge in [0.15, 0.2) is 0 Å². The number of benzene rings is 7. The second-order valence-electron chi connectivity index (χ2n) is 14.4. The molecule has 0 saturated carbocycles. The van der Waals surface area contributed by atoms with Gasteiger partial charge in [0, 0.05) is 58.2 Å². The van der Waals surface area contributed by atoms with E-state index in [1.54, 1.807) is 0 Å². The van der Waals surface area contributed by atoms with Gasteiger partial charge in [-0.1, -0.05) is 149 Å². The summed E-state index contributed by atoms with van der Waals surface area (Å²) in [6.07, 6.45) is 4.06. The van der Waals surface area contributed by atoms with Crippen molar-refractivity contribution in [2.75, 3.05) is 0 Å². The Morgan fingerprint density at radius 2 is 1.09 bits per heavy atom. The van der Waals surface area contributed by atoms with E-state index in [4.69, 9.17) is 9.97 Å². The average molecular weight is 1230 g/mol. The SMILES string of the molecule is Cc1c(C)c(-c2ccccc2-c2cnc(-c3[c-]ccc(Br)c3)cc2-c2ccccc2)c(C)c(C)c1-c1ccccc1-c1cnc2c(ccc3c(Br)cc[c-]c32)c1.[Ir].[Ir]. The van der Waals surface area contributed by atoms with Gasteiger partial charge < -0.3 is 9.97 Å². The first-order valence-corrected chi connectivity index (χ1v) is 20.3. The summed E-state index contributed by atoms with van der Waals surface area (Å²) < 4.78 is 2.05. The summed E-state index contributed by atoms with van der Waals surface area (Å²) >= 11 is 7.34. The van der Waals surface area contributed by atoms with Crippen molar-refractivity contribution in [3.05, 3.63) is 189 Å². The molecule has 0 atom stereocenters. The molecule has 0 aliphatic heterocycles. The number of aromatic nitrogens is 2. The molecule has 0 saturated heterocycles. The molecule has 0 amide bonds. The minimum atomic E-state index is 0. The summed E-state index contributed by atoms with van der Waals surface area (Å²) in [4.78, 5) is 10.1. The second kappa shape index (κ2) is 17.5. The van der Waals surface area contributed by atoms with Crippen LogP contribution in [0.2, 0.25) is 0 Å². The largest absolute Gasteiger partial charge is 0.304 e. The first kappa shape index (κ1) is 41.8. The Labute approximate surface area is 384 Å². The van der Waals surface area contributed by atoms with Crippen LogP contribution in [0.3, 0.4) is 0 Å². The van der Waals surface area contributed by atoms with Gasteiger partial charge in [0.1, 0.15) is 0 Å². The van der Waals surface area contributed by atoms with E-state index in [9.17, 15) is 0 Å². The van der Waals surface area contributed by atoms with Crippen LogP contribution in [0.4, 0.5) is 0 Å². The van der Waals surface area contributed by atoms with Crippen molar-refractivity contribution in [1.82, 2.24) is 9.97 Å². The van der Waals surface area contributed by atoms with Gasteiger partial charge in [-0.05, 0) is 117 Å². The molecule has 2 nitrogen and oxygen atoms in total. The van der Waals surface area contributed by atoms with E-state index in [0.29, 0.717) is 0 Å². The molecule has 0 aliphatic rings. The zero-order valence-electron chi connectivity index (χ0n) is 32.2. The van der Waals surface area contributed by atoms with Crippen LogP contribution in [-0.2, 0) is 40.2 Å². The standard InChI is InChI=1S/C52H36Br2N2.2Ir/c1-31-33(3)51(44-21-11-9-19-41(44)47-30-55-49(36-16-12-17-39(53)27-36)28-46(47)35-14-6-5-7-15-35)34(4)32(2)50(31)43-20-10-8-18-40(43)38-26-37-24-25-42-45(52(37)56-29-38)22-13-23-48(42)54;;/h5-15,17-21,23-30H,1-4H3;;/q-2;;. The number of rotatable bonds is 6. The molecule has 7 aromatic carbocycles. The van der Waals surface area contributed by atoms with E-state index in [0.717, 1.165) is 69.7 Å². The van der Waals surface area contributed by atoms with Gasteiger partial charge in [0.05, 0.1) is 0 Å². The van der Waals surface area contributed by atoms with Crippen molar-refractivity contribution in [3.63, 3.8) is 0 Å². The van der Waals surface area contributed by atoms with Crippen LogP contribution in [0.15, 0.2) is 155 Å². The van der Waals surface area contributed by atoms with Crippen molar-refractivity contribution in [2.45, 2.75) is 27.7 Å². The van der Waals surface area contributed by atoms with Gasteiger partial charge in [-0.2, -0.15) is 0 Å². The maximum Gasteiger partial charge on any atom is 0.0245 e. The summed E-state index contributed by atoms with van der Waals surface area (Å²) in [5, 5.41) is 3.23. The molecule has 2 aromatic heterocycles. The van der Waals surface area contributed by atoms with Crippen LogP contribution in [0.1, 0.15) is 22.3 Å². The van der Waals surface area contributed by atoms with Crippen LogP contribution in [0.25, 0.3) is 88.6 Å². The molecule has 0 bridgehead atoms. The maximum atomic E-state index is 5.04. The van der Waals surface area contributed by atoms with Crippen molar-refractivity contribution in [3.8, 4) is 66.9 Å². The van der Waals surface area contributed by atoms with Crippen LogP contribution in [0.5, 0.6) is 0 Å². The summed E-state index contributed by atoms with van der Waals surface area (Å²) in [7, 11) is 0. The Balaban J connectivity index is 0.00000256. The number of hydrogen-bond acceptors (Lipinski definition) is 2. The molecule has 2 radical (unpaired) electrons. The number of hydrogen-bond donors (Lipinski definition) is 0. The Morgan fingerprint density at radius 3 is 1.76 bits per heavy atom. The second-order valence-corrected chi connectivity index (χ2v) is 16.1. The van der Waals surface area contributed by atoms with Crippen LogP contribution < -0.4 is 0 Å². The molecule has 0 fully saturated rings. The number of pyridine rings is 2. The van der Waals surface area contributed by atoms with E-state index in [1.165, 1.54) is 50.1 Å². The normalized spacial score (nSPS) is 11.0. The molecule has 0 unspecified atom stereocenters. The molecule has 6 heteroatoms. The average Bonchev–Trinajstić information content (AvgIpc) is 3.23. The minimum Gasteiger partial charge on any atom is -0.304 e. The summed E-state index contributed by atoms with van der Waals surface area (Å²) in [6.45, 7) is 9.11. The Bertz CT molecular complexity index is 2970. The van der Waals surface area contributed by atoms with Gasteiger partial charge in [-0.3, -0.25) is 0 Å². The fraction of sp³-hybridized carbons (Fsp3) is 0.0769. The van der Waals surface area contributed by atoms with E-state index < -0.39 is 0 Å². The molecule has 2 heterocycles. The maximum absolute atomic E-state index is 5.04. The van der Waals surface area contributed by atoms with Crippen LogP contribution in [0, 0.1) is 39.8 Å². The number of nitrogens with zero attached hydrogens (tertiary/aromatic N) is 2. The van der Waals surface area contributed by atoms with Crippen molar-refractivity contribution >= 4 is 53.5 Å². The van der Waals surface area contributed by atoms with Gasteiger partial charge >= 0.3 is 0 Å². The molecular formula is C52H36Br2Ir2N2-2. The molecule has 288 valence electrons. The van der Waals surface area contributed by atoms with Gasteiger partial charge in [0.2, 0.25) is 0 Å². The number of halogens is 2. The van der Waals surface area contributed by atoms with Crippen LogP contribution in [-0.4, -0.2) is 9.97 Å². The van der Waals surface area contributed by atoms with Crippen LogP contribution >= 0.6 is 31.9 Å². The van der Waals surface area contributed by atoms with Gasteiger partial charge in [-0.15, -0.1) is 53.4 Å². The molecule has 9 aromatic rings. The molecule has 9 rings (SSSR count). The third-order valence-corrected chi connectivity index (χ3v) is 12.4. The van der Waals surface area contributed by atoms with Gasteiger partial charge in [0.25, 0.3) is 0 Å². The van der Waals surface area contributed by atoms with Crippen molar-refractivity contribution in [2.24, 2.45) is 0 Å². The summed E-state index contributed by atoms with van der Waals surface area (Å²) in [5.74, 6) is 0. The predicted molar refractivity (Wildman–Crippen MR) is 242 cm³/mol. The molecule has 0 aliphatic carbocycles. The monoisotopic (exact) mass is 1230 g/mol. The fourth-order valence-corrected chi connectivity index (χ4v) is 9.08. The predicted octanol–water partition coefficient (Wildman–Crippen LogP) is 15.1. The van der Waals surface area contributed by atoms with E-state index in [2.05, 4.69) is 181 Å². The molecule has 0 N–H and O–H groups in total. The Morgan fingerprint density at radius 1 is 0.483 bits per heavy atom.